The maximum Gasteiger partial charge on any atom is 0.234 e. The summed E-state index contributed by atoms with van der Waals surface area (Å²) in [5, 5.41) is 0. The molecule has 1 aromatic carbocycles. The van der Waals surface area contributed by atoms with E-state index >= 15 is 0 Å². The van der Waals surface area contributed by atoms with Crippen LogP contribution in [0.4, 0.5) is 8.78 Å². The van der Waals surface area contributed by atoms with E-state index in [4.69, 9.17) is 0 Å². The molecule has 2 heterocycles. The first-order valence-electron chi connectivity index (χ1n) is 4.99. The minimum atomic E-state index is -0.505. The van der Waals surface area contributed by atoms with Crippen molar-refractivity contribution < 1.29 is 8.78 Å². The molecule has 0 aliphatic carbocycles. The van der Waals surface area contributed by atoms with E-state index in [0.29, 0.717) is 11.5 Å². The Balaban J connectivity index is 2.23. The molecule has 5 heteroatoms. The van der Waals surface area contributed by atoms with Crippen LogP contribution >= 0.6 is 0 Å². The van der Waals surface area contributed by atoms with Gasteiger partial charge in [-0.25, -0.2) is 18.7 Å². The summed E-state index contributed by atoms with van der Waals surface area (Å²) in [6, 6.07) is 5.02. The van der Waals surface area contributed by atoms with Crippen molar-refractivity contribution in [3.63, 3.8) is 0 Å². The highest BCUT2D eigenvalue weighted by atomic mass is 19.1. The average Bonchev–Trinajstić information content (AvgIpc) is 2.75. The lowest BCUT2D eigenvalue weighted by Crippen LogP contribution is -1.86. The standard InChI is InChI=1S/C12H7F2N3/c13-8-2-3-10(14)9(6-8)11-7-17-5-1-4-15-12(17)16-11/h1-7H. The maximum absolute atomic E-state index is 13.5. The van der Waals surface area contributed by atoms with E-state index in [2.05, 4.69) is 9.97 Å². The number of benzene rings is 1. The molecule has 2 aromatic heterocycles. The largest absolute Gasteiger partial charge is 0.291 e. The number of nitrogens with zero attached hydrogens (tertiary/aromatic N) is 3. The van der Waals surface area contributed by atoms with E-state index in [1.165, 1.54) is 0 Å². The molecule has 0 unspecified atom stereocenters. The summed E-state index contributed by atoms with van der Waals surface area (Å²) in [5.74, 6) is -0.549. The molecule has 0 atom stereocenters. The van der Waals surface area contributed by atoms with Crippen molar-refractivity contribution in [3.8, 4) is 11.3 Å². The van der Waals surface area contributed by atoms with Gasteiger partial charge in [0.25, 0.3) is 0 Å². The van der Waals surface area contributed by atoms with Gasteiger partial charge >= 0.3 is 0 Å². The van der Waals surface area contributed by atoms with Gasteiger partial charge in [0, 0.05) is 24.2 Å². The number of hydrogen-bond donors (Lipinski definition) is 0. The fourth-order valence-electron chi connectivity index (χ4n) is 1.65. The lowest BCUT2D eigenvalue weighted by Gasteiger charge is -1.98. The van der Waals surface area contributed by atoms with Gasteiger partial charge in [-0.15, -0.1) is 0 Å². The summed E-state index contributed by atoms with van der Waals surface area (Å²) < 4.78 is 28.3. The quantitative estimate of drug-likeness (QED) is 0.644. The minimum Gasteiger partial charge on any atom is -0.291 e. The van der Waals surface area contributed by atoms with Crippen LogP contribution in [0, 0.1) is 11.6 Å². The molecule has 0 N–H and O–H groups in total. The second-order valence-electron chi connectivity index (χ2n) is 3.58. The van der Waals surface area contributed by atoms with Crippen LogP contribution in [0.3, 0.4) is 0 Å². The number of rotatable bonds is 1. The molecule has 0 fully saturated rings. The smallest absolute Gasteiger partial charge is 0.234 e. The number of imidazole rings is 1. The number of hydrogen-bond acceptors (Lipinski definition) is 2. The topological polar surface area (TPSA) is 30.2 Å². The molecule has 0 radical (unpaired) electrons. The van der Waals surface area contributed by atoms with Gasteiger partial charge in [0.1, 0.15) is 11.6 Å². The predicted octanol–water partition coefficient (Wildman–Crippen LogP) is 2.67. The van der Waals surface area contributed by atoms with Crippen LogP contribution in [0.15, 0.2) is 42.9 Å². The first kappa shape index (κ1) is 9.89. The second-order valence-corrected chi connectivity index (χ2v) is 3.58. The van der Waals surface area contributed by atoms with E-state index in [9.17, 15) is 8.78 Å². The molecule has 0 aliphatic rings. The first-order chi connectivity index (χ1) is 8.24. The second kappa shape index (κ2) is 3.62. The summed E-state index contributed by atoms with van der Waals surface area (Å²) in [4.78, 5) is 8.15. The van der Waals surface area contributed by atoms with Crippen LogP contribution < -0.4 is 0 Å². The summed E-state index contributed by atoms with van der Waals surface area (Å²) in [6.07, 6.45) is 4.95. The molecule has 3 rings (SSSR count). The Bertz CT molecular complexity index is 658. The van der Waals surface area contributed by atoms with E-state index in [1.807, 2.05) is 0 Å². The minimum absolute atomic E-state index is 0.135. The lowest BCUT2D eigenvalue weighted by molar-refractivity contribution is 0.603. The normalized spacial score (nSPS) is 10.9. The van der Waals surface area contributed by atoms with Crippen molar-refractivity contribution in [2.75, 3.05) is 0 Å². The highest BCUT2D eigenvalue weighted by Crippen LogP contribution is 2.22. The van der Waals surface area contributed by atoms with Gasteiger partial charge in [0.2, 0.25) is 5.78 Å². The molecule has 0 aliphatic heterocycles. The monoisotopic (exact) mass is 231 g/mol. The van der Waals surface area contributed by atoms with Crippen molar-refractivity contribution in [1.29, 1.82) is 0 Å². The summed E-state index contributed by atoms with van der Waals surface area (Å²) in [6.45, 7) is 0. The van der Waals surface area contributed by atoms with Crippen LogP contribution in [-0.4, -0.2) is 14.4 Å². The molecule has 0 saturated heterocycles. The molecule has 0 spiro atoms. The van der Waals surface area contributed by atoms with Crippen LogP contribution in [0.1, 0.15) is 0 Å². The molecule has 3 nitrogen and oxygen atoms in total. The summed E-state index contributed by atoms with van der Waals surface area (Å²) in [5.41, 5.74) is 0.496. The molecule has 84 valence electrons. The summed E-state index contributed by atoms with van der Waals surface area (Å²) >= 11 is 0. The molecule has 0 bridgehead atoms. The first-order valence-corrected chi connectivity index (χ1v) is 4.99. The van der Waals surface area contributed by atoms with E-state index in [0.717, 1.165) is 18.2 Å². The molecule has 0 amide bonds. The Morgan fingerprint density at radius 2 is 2.06 bits per heavy atom. The number of fused-ring (bicyclic) bond motifs is 1. The zero-order valence-electron chi connectivity index (χ0n) is 8.64. The zero-order valence-corrected chi connectivity index (χ0v) is 8.64. The van der Waals surface area contributed by atoms with Crippen molar-refractivity contribution >= 4 is 5.78 Å². The average molecular weight is 231 g/mol. The van der Waals surface area contributed by atoms with Crippen LogP contribution in [0.25, 0.3) is 17.0 Å². The zero-order chi connectivity index (χ0) is 11.8. The van der Waals surface area contributed by atoms with E-state index in [-0.39, 0.29) is 5.56 Å². The SMILES string of the molecule is Fc1ccc(F)c(-c2cn3cccnc3n2)c1. The third-order valence-corrected chi connectivity index (χ3v) is 2.44. The van der Waals surface area contributed by atoms with Crippen molar-refractivity contribution in [2.45, 2.75) is 0 Å². The Kier molecular flexibility index (Phi) is 2.11. The molecular formula is C12H7F2N3. The Labute approximate surface area is 95.4 Å². The molecule has 3 aromatic rings. The van der Waals surface area contributed by atoms with Gasteiger partial charge in [0.15, 0.2) is 0 Å². The fraction of sp³-hybridized carbons (Fsp3) is 0. The Morgan fingerprint density at radius 1 is 1.18 bits per heavy atom. The highest BCUT2D eigenvalue weighted by molar-refractivity contribution is 5.62. The molecule has 0 saturated carbocycles. The predicted molar refractivity (Wildman–Crippen MR) is 58.3 cm³/mol. The van der Waals surface area contributed by atoms with Gasteiger partial charge in [-0.3, -0.25) is 4.40 Å². The van der Waals surface area contributed by atoms with Gasteiger partial charge in [0.05, 0.1) is 5.69 Å². The van der Waals surface area contributed by atoms with Gasteiger partial charge < -0.3 is 0 Å². The maximum atomic E-state index is 13.5. The van der Waals surface area contributed by atoms with Crippen LogP contribution in [0.5, 0.6) is 0 Å². The third-order valence-electron chi connectivity index (χ3n) is 2.44. The van der Waals surface area contributed by atoms with Crippen LogP contribution in [0.2, 0.25) is 0 Å². The van der Waals surface area contributed by atoms with Gasteiger partial charge in [-0.2, -0.15) is 0 Å². The number of halogens is 2. The van der Waals surface area contributed by atoms with Gasteiger partial charge in [-0.1, -0.05) is 0 Å². The Morgan fingerprint density at radius 3 is 2.88 bits per heavy atom. The lowest BCUT2D eigenvalue weighted by atomic mass is 10.1. The fourth-order valence-corrected chi connectivity index (χ4v) is 1.65. The van der Waals surface area contributed by atoms with Crippen LogP contribution in [-0.2, 0) is 0 Å². The van der Waals surface area contributed by atoms with Crippen molar-refractivity contribution in [2.24, 2.45) is 0 Å². The highest BCUT2D eigenvalue weighted by Gasteiger charge is 2.10. The molecular weight excluding hydrogens is 224 g/mol. The van der Waals surface area contributed by atoms with E-state index in [1.54, 1.807) is 29.1 Å². The van der Waals surface area contributed by atoms with E-state index < -0.39 is 11.6 Å². The van der Waals surface area contributed by atoms with Crippen molar-refractivity contribution in [3.05, 3.63) is 54.5 Å². The summed E-state index contributed by atoms with van der Waals surface area (Å²) in [7, 11) is 0. The third kappa shape index (κ3) is 1.65. The Hall–Kier alpha value is -2.30. The molecule has 17 heavy (non-hydrogen) atoms. The van der Waals surface area contributed by atoms with Crippen molar-refractivity contribution in [1.82, 2.24) is 14.4 Å². The number of aromatic nitrogens is 3. The van der Waals surface area contributed by atoms with Gasteiger partial charge in [-0.05, 0) is 24.3 Å².